The summed E-state index contributed by atoms with van der Waals surface area (Å²) in [5.41, 5.74) is 1.03. The first kappa shape index (κ1) is 15.3. The van der Waals surface area contributed by atoms with Gasteiger partial charge in [0.05, 0.1) is 12.7 Å². The summed E-state index contributed by atoms with van der Waals surface area (Å²) >= 11 is 1.53. The normalized spacial score (nSPS) is 19.3. The van der Waals surface area contributed by atoms with E-state index >= 15 is 0 Å². The molecule has 7 heteroatoms. The van der Waals surface area contributed by atoms with Crippen molar-refractivity contribution in [2.24, 2.45) is 0 Å². The zero-order chi connectivity index (χ0) is 15.4. The summed E-state index contributed by atoms with van der Waals surface area (Å²) in [6.45, 7) is 3.41. The van der Waals surface area contributed by atoms with Crippen molar-refractivity contribution in [3.63, 3.8) is 0 Å². The number of halogens is 1. The number of likely N-dealkylation sites (N-methyl/N-ethyl adjacent to an activating group) is 1. The molecular weight excluding hydrogens is 303 g/mol. The van der Waals surface area contributed by atoms with E-state index in [0.717, 1.165) is 41.9 Å². The van der Waals surface area contributed by atoms with Crippen LogP contribution in [0, 0.1) is 5.82 Å². The maximum atomic E-state index is 12.9. The lowest BCUT2D eigenvalue weighted by molar-refractivity contribution is -0.0117. The van der Waals surface area contributed by atoms with Gasteiger partial charge in [-0.25, -0.2) is 4.39 Å². The second-order valence-electron chi connectivity index (χ2n) is 5.44. The Morgan fingerprint density at radius 1 is 1.36 bits per heavy atom. The van der Waals surface area contributed by atoms with Gasteiger partial charge >= 0.3 is 0 Å². The van der Waals surface area contributed by atoms with Gasteiger partial charge in [-0.15, -0.1) is 10.2 Å². The van der Waals surface area contributed by atoms with Crippen molar-refractivity contribution in [2.45, 2.75) is 12.5 Å². The SMILES string of the molecule is CN1CCOC(CNc2nnc(Cc3ccc(F)cc3)s2)C1. The van der Waals surface area contributed by atoms with Crippen molar-refractivity contribution in [1.82, 2.24) is 15.1 Å². The highest BCUT2D eigenvalue weighted by atomic mass is 32.1. The minimum atomic E-state index is -0.221. The summed E-state index contributed by atoms with van der Waals surface area (Å²) in [5, 5.41) is 13.3. The Kier molecular flexibility index (Phi) is 4.97. The molecule has 1 atom stereocenters. The molecule has 3 rings (SSSR count). The van der Waals surface area contributed by atoms with Gasteiger partial charge in [-0.3, -0.25) is 0 Å². The van der Waals surface area contributed by atoms with Gasteiger partial charge in [-0.05, 0) is 24.7 Å². The molecule has 0 saturated carbocycles. The van der Waals surface area contributed by atoms with E-state index in [1.165, 1.54) is 23.5 Å². The van der Waals surface area contributed by atoms with Crippen molar-refractivity contribution < 1.29 is 9.13 Å². The molecule has 1 unspecified atom stereocenters. The van der Waals surface area contributed by atoms with Crippen molar-refractivity contribution in [3.8, 4) is 0 Å². The molecule has 1 saturated heterocycles. The van der Waals surface area contributed by atoms with Crippen LogP contribution in [-0.2, 0) is 11.2 Å². The van der Waals surface area contributed by atoms with Gasteiger partial charge in [0, 0.05) is 26.1 Å². The predicted molar refractivity (Wildman–Crippen MR) is 84.8 cm³/mol. The highest BCUT2D eigenvalue weighted by Crippen LogP contribution is 2.19. The molecule has 1 N–H and O–H groups in total. The van der Waals surface area contributed by atoms with E-state index < -0.39 is 0 Å². The summed E-state index contributed by atoms with van der Waals surface area (Å²) in [5.74, 6) is -0.221. The number of nitrogens with zero attached hydrogens (tertiary/aromatic N) is 3. The van der Waals surface area contributed by atoms with E-state index in [-0.39, 0.29) is 11.9 Å². The van der Waals surface area contributed by atoms with E-state index in [1.807, 2.05) is 0 Å². The molecule has 0 amide bonds. The number of rotatable bonds is 5. The molecule has 5 nitrogen and oxygen atoms in total. The third kappa shape index (κ3) is 4.22. The number of benzene rings is 1. The predicted octanol–water partition coefficient (Wildman–Crippen LogP) is 2.01. The largest absolute Gasteiger partial charge is 0.374 e. The fraction of sp³-hybridized carbons (Fsp3) is 0.467. The topological polar surface area (TPSA) is 50.3 Å². The molecule has 2 aromatic rings. The summed E-state index contributed by atoms with van der Waals surface area (Å²) < 4.78 is 18.6. The van der Waals surface area contributed by atoms with Crippen LogP contribution in [0.1, 0.15) is 10.6 Å². The van der Waals surface area contributed by atoms with Crippen molar-refractivity contribution in [2.75, 3.05) is 38.6 Å². The zero-order valence-electron chi connectivity index (χ0n) is 12.5. The third-order valence-corrected chi connectivity index (χ3v) is 4.44. The molecule has 1 fully saturated rings. The number of hydrogen-bond acceptors (Lipinski definition) is 6. The molecular formula is C15H19FN4OS. The Hall–Kier alpha value is -1.57. The molecule has 1 aromatic carbocycles. The van der Waals surface area contributed by atoms with Crippen LogP contribution in [0.25, 0.3) is 0 Å². The van der Waals surface area contributed by atoms with Crippen molar-refractivity contribution in [3.05, 3.63) is 40.7 Å². The van der Waals surface area contributed by atoms with E-state index in [9.17, 15) is 4.39 Å². The molecule has 0 radical (unpaired) electrons. The summed E-state index contributed by atoms with van der Waals surface area (Å²) in [6, 6.07) is 6.48. The number of hydrogen-bond donors (Lipinski definition) is 1. The Balaban J connectivity index is 1.51. The van der Waals surface area contributed by atoms with Crippen LogP contribution in [0.15, 0.2) is 24.3 Å². The molecule has 0 bridgehead atoms. The standard InChI is InChI=1S/C15H19FN4OS/c1-20-6-7-21-13(10-20)9-17-15-19-18-14(22-15)8-11-2-4-12(16)5-3-11/h2-5,13H,6-10H2,1H3,(H,17,19). The first-order valence-electron chi connectivity index (χ1n) is 7.30. The Morgan fingerprint density at radius 2 is 2.18 bits per heavy atom. The lowest BCUT2D eigenvalue weighted by Crippen LogP contribution is -2.43. The smallest absolute Gasteiger partial charge is 0.205 e. The van der Waals surface area contributed by atoms with Crippen LogP contribution < -0.4 is 5.32 Å². The van der Waals surface area contributed by atoms with Crippen LogP contribution >= 0.6 is 11.3 Å². The van der Waals surface area contributed by atoms with Gasteiger partial charge in [-0.2, -0.15) is 0 Å². The highest BCUT2D eigenvalue weighted by Gasteiger charge is 2.17. The first-order valence-corrected chi connectivity index (χ1v) is 8.11. The number of aromatic nitrogens is 2. The van der Waals surface area contributed by atoms with Gasteiger partial charge < -0.3 is 15.0 Å². The number of nitrogens with one attached hydrogen (secondary N) is 1. The maximum Gasteiger partial charge on any atom is 0.205 e. The second kappa shape index (κ2) is 7.13. The fourth-order valence-corrected chi connectivity index (χ4v) is 3.15. The van der Waals surface area contributed by atoms with Gasteiger partial charge in [0.15, 0.2) is 0 Å². The number of morpholine rings is 1. The lowest BCUT2D eigenvalue weighted by atomic mass is 10.2. The van der Waals surface area contributed by atoms with Gasteiger partial charge in [0.1, 0.15) is 10.8 Å². The summed E-state index contributed by atoms with van der Waals surface area (Å²) in [7, 11) is 2.10. The molecule has 1 aliphatic heterocycles. The van der Waals surface area contributed by atoms with Crippen LogP contribution in [0.2, 0.25) is 0 Å². The molecule has 2 heterocycles. The Bertz CT molecular complexity index is 604. The van der Waals surface area contributed by atoms with Crippen LogP contribution in [-0.4, -0.2) is 54.5 Å². The maximum absolute atomic E-state index is 12.9. The Morgan fingerprint density at radius 3 is 2.95 bits per heavy atom. The van der Waals surface area contributed by atoms with E-state index in [2.05, 4.69) is 27.5 Å². The molecule has 22 heavy (non-hydrogen) atoms. The third-order valence-electron chi connectivity index (χ3n) is 3.56. The minimum absolute atomic E-state index is 0.184. The van der Waals surface area contributed by atoms with Crippen LogP contribution in [0.4, 0.5) is 9.52 Å². The van der Waals surface area contributed by atoms with E-state index in [1.54, 1.807) is 12.1 Å². The molecule has 1 aromatic heterocycles. The van der Waals surface area contributed by atoms with Gasteiger partial charge in [0.2, 0.25) is 5.13 Å². The Labute approximate surface area is 133 Å². The number of ether oxygens (including phenoxy) is 1. The van der Waals surface area contributed by atoms with Crippen molar-refractivity contribution >= 4 is 16.5 Å². The van der Waals surface area contributed by atoms with Crippen LogP contribution in [0.5, 0.6) is 0 Å². The number of anilines is 1. The van der Waals surface area contributed by atoms with E-state index in [0.29, 0.717) is 6.42 Å². The minimum Gasteiger partial charge on any atom is -0.374 e. The average molecular weight is 322 g/mol. The second-order valence-corrected chi connectivity index (χ2v) is 6.50. The fourth-order valence-electron chi connectivity index (χ4n) is 2.36. The van der Waals surface area contributed by atoms with E-state index in [4.69, 9.17) is 4.74 Å². The monoisotopic (exact) mass is 322 g/mol. The van der Waals surface area contributed by atoms with Crippen LogP contribution in [0.3, 0.4) is 0 Å². The molecule has 0 spiro atoms. The quantitative estimate of drug-likeness (QED) is 0.912. The molecule has 118 valence electrons. The highest BCUT2D eigenvalue weighted by molar-refractivity contribution is 7.15. The summed E-state index contributed by atoms with van der Waals surface area (Å²) in [6.07, 6.45) is 0.852. The summed E-state index contributed by atoms with van der Waals surface area (Å²) in [4.78, 5) is 2.26. The van der Waals surface area contributed by atoms with Gasteiger partial charge in [-0.1, -0.05) is 23.5 Å². The molecule has 1 aliphatic rings. The van der Waals surface area contributed by atoms with Crippen molar-refractivity contribution in [1.29, 1.82) is 0 Å². The zero-order valence-corrected chi connectivity index (χ0v) is 13.3. The lowest BCUT2D eigenvalue weighted by Gasteiger charge is -2.29. The van der Waals surface area contributed by atoms with Gasteiger partial charge in [0.25, 0.3) is 0 Å². The first-order chi connectivity index (χ1) is 10.7. The molecule has 0 aliphatic carbocycles. The average Bonchev–Trinajstić information content (AvgIpc) is 2.95.